The predicted octanol–water partition coefficient (Wildman–Crippen LogP) is 3.54. The van der Waals surface area contributed by atoms with Crippen molar-refractivity contribution >= 4 is 0 Å². The Morgan fingerprint density at radius 2 is 1.90 bits per heavy atom. The summed E-state index contributed by atoms with van der Waals surface area (Å²) >= 11 is 0. The van der Waals surface area contributed by atoms with Gasteiger partial charge in [0.05, 0.1) is 0 Å². The molecule has 0 aromatic heterocycles. The zero-order valence-corrected chi connectivity index (χ0v) is 14.4. The quantitative estimate of drug-likeness (QED) is 0.714. The molecule has 0 fully saturated rings. The molecule has 0 heterocycles. The molecular weight excluding hydrogens is 260 g/mol. The third kappa shape index (κ3) is 8.74. The third-order valence-corrected chi connectivity index (χ3v) is 3.44. The molecule has 0 spiro atoms. The number of hydrogen-bond donors (Lipinski definition) is 1. The molecule has 0 aliphatic carbocycles. The van der Waals surface area contributed by atoms with Crippen molar-refractivity contribution < 1.29 is 4.74 Å². The van der Waals surface area contributed by atoms with Gasteiger partial charge in [0.2, 0.25) is 0 Å². The lowest BCUT2D eigenvalue weighted by atomic mass is 10.1. The first-order chi connectivity index (χ1) is 9.97. The molecule has 120 valence electrons. The van der Waals surface area contributed by atoms with Gasteiger partial charge in [-0.2, -0.15) is 0 Å². The van der Waals surface area contributed by atoms with Gasteiger partial charge in [-0.05, 0) is 43.6 Å². The summed E-state index contributed by atoms with van der Waals surface area (Å²) in [5.74, 6) is 1.73. The summed E-state index contributed by atoms with van der Waals surface area (Å²) in [5.41, 5.74) is 1.27. The molecule has 21 heavy (non-hydrogen) atoms. The van der Waals surface area contributed by atoms with Crippen molar-refractivity contribution in [2.24, 2.45) is 5.92 Å². The van der Waals surface area contributed by atoms with E-state index in [2.05, 4.69) is 63.2 Å². The molecule has 3 heteroatoms. The van der Waals surface area contributed by atoms with Crippen LogP contribution in [-0.2, 0) is 6.54 Å². The average molecular weight is 292 g/mol. The van der Waals surface area contributed by atoms with Crippen molar-refractivity contribution in [2.45, 2.75) is 46.7 Å². The van der Waals surface area contributed by atoms with E-state index in [9.17, 15) is 0 Å². The van der Waals surface area contributed by atoms with Crippen molar-refractivity contribution in [3.63, 3.8) is 0 Å². The summed E-state index contributed by atoms with van der Waals surface area (Å²) in [6.45, 7) is 12.6. The molecule has 1 aromatic carbocycles. The Morgan fingerprint density at radius 3 is 2.57 bits per heavy atom. The molecule has 1 aromatic rings. The minimum Gasteiger partial charge on any atom is -0.492 e. The summed E-state index contributed by atoms with van der Waals surface area (Å²) in [6, 6.07) is 8.87. The standard InChI is InChI=1S/C18H32N2O/c1-15(2)9-10-20(5)11-12-21-18-8-6-7-17(13-18)14-19-16(3)4/h6-8,13,15-16,19H,9-12,14H2,1-5H3. The van der Waals surface area contributed by atoms with Gasteiger partial charge in [0.25, 0.3) is 0 Å². The molecule has 0 amide bonds. The van der Waals surface area contributed by atoms with E-state index in [4.69, 9.17) is 4.74 Å². The zero-order chi connectivity index (χ0) is 15.7. The minimum absolute atomic E-state index is 0.504. The Morgan fingerprint density at radius 1 is 1.14 bits per heavy atom. The highest BCUT2D eigenvalue weighted by atomic mass is 16.5. The van der Waals surface area contributed by atoms with Gasteiger partial charge in [-0.1, -0.05) is 39.8 Å². The van der Waals surface area contributed by atoms with E-state index in [0.717, 1.165) is 37.9 Å². The summed E-state index contributed by atoms with van der Waals surface area (Å²) in [6.07, 6.45) is 1.24. The van der Waals surface area contributed by atoms with E-state index < -0.39 is 0 Å². The number of rotatable bonds is 10. The fraction of sp³-hybridized carbons (Fsp3) is 0.667. The lowest BCUT2D eigenvalue weighted by molar-refractivity contribution is 0.230. The Hall–Kier alpha value is -1.06. The van der Waals surface area contributed by atoms with Gasteiger partial charge in [0.1, 0.15) is 12.4 Å². The van der Waals surface area contributed by atoms with Crippen molar-refractivity contribution in [2.75, 3.05) is 26.7 Å². The molecule has 0 atom stereocenters. The molecule has 1 rings (SSSR count). The fourth-order valence-corrected chi connectivity index (χ4v) is 1.98. The topological polar surface area (TPSA) is 24.5 Å². The van der Waals surface area contributed by atoms with E-state index >= 15 is 0 Å². The second-order valence-corrected chi connectivity index (χ2v) is 6.52. The number of likely N-dealkylation sites (N-methyl/N-ethyl adjacent to an activating group) is 1. The summed E-state index contributed by atoms with van der Waals surface area (Å²) < 4.78 is 5.86. The minimum atomic E-state index is 0.504. The third-order valence-electron chi connectivity index (χ3n) is 3.44. The van der Waals surface area contributed by atoms with E-state index in [0.29, 0.717) is 6.04 Å². The molecule has 0 unspecified atom stereocenters. The number of benzene rings is 1. The normalized spacial score (nSPS) is 11.6. The molecule has 3 nitrogen and oxygen atoms in total. The molecule has 0 aliphatic rings. The highest BCUT2D eigenvalue weighted by Crippen LogP contribution is 2.13. The second kappa shape index (κ2) is 9.80. The van der Waals surface area contributed by atoms with Crippen LogP contribution in [0.1, 0.15) is 39.7 Å². The van der Waals surface area contributed by atoms with Crippen LogP contribution < -0.4 is 10.1 Å². The highest BCUT2D eigenvalue weighted by molar-refractivity contribution is 5.28. The zero-order valence-electron chi connectivity index (χ0n) is 14.4. The smallest absolute Gasteiger partial charge is 0.119 e. The fourth-order valence-electron chi connectivity index (χ4n) is 1.98. The first-order valence-corrected chi connectivity index (χ1v) is 8.11. The van der Waals surface area contributed by atoms with E-state index in [-0.39, 0.29) is 0 Å². The maximum atomic E-state index is 5.86. The monoisotopic (exact) mass is 292 g/mol. The van der Waals surface area contributed by atoms with Crippen LogP contribution in [0.2, 0.25) is 0 Å². The van der Waals surface area contributed by atoms with Gasteiger partial charge in [-0.25, -0.2) is 0 Å². The summed E-state index contributed by atoms with van der Waals surface area (Å²) in [4.78, 5) is 2.34. The SMILES string of the molecule is CC(C)CCN(C)CCOc1cccc(CNC(C)C)c1. The van der Waals surface area contributed by atoms with Crippen LogP contribution in [0, 0.1) is 5.92 Å². The van der Waals surface area contributed by atoms with Crippen LogP contribution in [0.15, 0.2) is 24.3 Å². The van der Waals surface area contributed by atoms with Crippen LogP contribution in [0.5, 0.6) is 5.75 Å². The Bertz CT molecular complexity index is 391. The maximum absolute atomic E-state index is 5.86. The summed E-state index contributed by atoms with van der Waals surface area (Å²) in [5, 5.41) is 3.43. The lowest BCUT2D eigenvalue weighted by Crippen LogP contribution is -2.26. The van der Waals surface area contributed by atoms with Gasteiger partial charge in [0.15, 0.2) is 0 Å². The number of nitrogens with zero attached hydrogens (tertiary/aromatic N) is 1. The van der Waals surface area contributed by atoms with Crippen LogP contribution in [0.3, 0.4) is 0 Å². The largest absolute Gasteiger partial charge is 0.492 e. The van der Waals surface area contributed by atoms with E-state index in [1.165, 1.54) is 12.0 Å². The lowest BCUT2D eigenvalue weighted by Gasteiger charge is -2.18. The van der Waals surface area contributed by atoms with Crippen LogP contribution in [-0.4, -0.2) is 37.7 Å². The second-order valence-electron chi connectivity index (χ2n) is 6.52. The van der Waals surface area contributed by atoms with Gasteiger partial charge < -0.3 is 15.0 Å². The number of ether oxygens (including phenoxy) is 1. The average Bonchev–Trinajstić information content (AvgIpc) is 2.43. The van der Waals surface area contributed by atoms with Crippen LogP contribution >= 0.6 is 0 Å². The number of hydrogen-bond acceptors (Lipinski definition) is 3. The molecular formula is C18H32N2O. The predicted molar refractivity (Wildman–Crippen MR) is 90.9 cm³/mol. The van der Waals surface area contributed by atoms with Crippen molar-refractivity contribution in [1.82, 2.24) is 10.2 Å². The van der Waals surface area contributed by atoms with Gasteiger partial charge in [-0.3, -0.25) is 0 Å². The first-order valence-electron chi connectivity index (χ1n) is 8.11. The van der Waals surface area contributed by atoms with Gasteiger partial charge in [-0.15, -0.1) is 0 Å². The maximum Gasteiger partial charge on any atom is 0.119 e. The molecule has 0 bridgehead atoms. The number of nitrogens with one attached hydrogen (secondary N) is 1. The first kappa shape index (κ1) is 18.0. The van der Waals surface area contributed by atoms with E-state index in [1.54, 1.807) is 0 Å². The van der Waals surface area contributed by atoms with Gasteiger partial charge in [0, 0.05) is 19.1 Å². The molecule has 0 saturated heterocycles. The van der Waals surface area contributed by atoms with Crippen LogP contribution in [0.25, 0.3) is 0 Å². The van der Waals surface area contributed by atoms with Crippen molar-refractivity contribution in [3.05, 3.63) is 29.8 Å². The Labute approximate surface area is 130 Å². The van der Waals surface area contributed by atoms with Crippen molar-refractivity contribution in [3.8, 4) is 5.75 Å². The van der Waals surface area contributed by atoms with Crippen LogP contribution in [0.4, 0.5) is 0 Å². The highest BCUT2D eigenvalue weighted by Gasteiger charge is 2.02. The van der Waals surface area contributed by atoms with Crippen molar-refractivity contribution in [1.29, 1.82) is 0 Å². The summed E-state index contributed by atoms with van der Waals surface area (Å²) in [7, 11) is 2.16. The molecule has 0 saturated carbocycles. The van der Waals surface area contributed by atoms with E-state index in [1.807, 2.05) is 6.07 Å². The van der Waals surface area contributed by atoms with Gasteiger partial charge >= 0.3 is 0 Å². The Balaban J connectivity index is 2.30. The molecule has 0 radical (unpaired) electrons. The Kier molecular flexibility index (Phi) is 8.40. The molecule has 1 N–H and O–H groups in total. The molecule has 0 aliphatic heterocycles.